The molecule has 4 fully saturated rings. The molecule has 0 aromatic heterocycles. The summed E-state index contributed by atoms with van der Waals surface area (Å²) in [6.07, 6.45) is 13.6. The number of amides is 1. The van der Waals surface area contributed by atoms with Crippen LogP contribution in [0, 0.1) is 5.92 Å². The average molecular weight is 470 g/mol. The molecule has 0 spiro atoms. The number of hydrogen-bond donors (Lipinski definition) is 2. The fraction of sp³-hybridized carbons (Fsp3) is 0.958. The van der Waals surface area contributed by atoms with Gasteiger partial charge in [0, 0.05) is 31.2 Å². The second-order valence-corrected chi connectivity index (χ2v) is 12.6. The Morgan fingerprint density at radius 1 is 0.844 bits per heavy atom. The van der Waals surface area contributed by atoms with E-state index in [2.05, 4.69) is 14.9 Å². The monoisotopic (exact) mass is 469 g/mol. The van der Waals surface area contributed by atoms with Gasteiger partial charge in [0.2, 0.25) is 15.9 Å². The van der Waals surface area contributed by atoms with Crippen molar-refractivity contribution in [2.45, 2.75) is 119 Å². The van der Waals surface area contributed by atoms with Crippen LogP contribution in [-0.2, 0) is 19.6 Å². The molecular formula is C24H43N3O4S. The van der Waals surface area contributed by atoms with E-state index in [-0.39, 0.29) is 30.0 Å². The lowest BCUT2D eigenvalue weighted by molar-refractivity contribution is -0.127. The number of methoxy groups -OCH3 is 1. The normalized spacial score (nSPS) is 37.3. The minimum atomic E-state index is -3.37. The van der Waals surface area contributed by atoms with Gasteiger partial charge in [-0.05, 0) is 90.1 Å². The maximum absolute atomic E-state index is 13.1. The highest BCUT2D eigenvalue weighted by Crippen LogP contribution is 2.31. The molecule has 1 aliphatic heterocycles. The fourth-order valence-corrected chi connectivity index (χ4v) is 8.32. The summed E-state index contributed by atoms with van der Waals surface area (Å²) in [5.74, 6) is 0.239. The minimum absolute atomic E-state index is 0.0192. The number of rotatable bonds is 7. The molecule has 4 rings (SSSR count). The molecule has 4 unspecified atom stereocenters. The van der Waals surface area contributed by atoms with Crippen molar-refractivity contribution < 1.29 is 17.9 Å². The number of nitrogens with zero attached hydrogens (tertiary/aromatic N) is 1. The van der Waals surface area contributed by atoms with Gasteiger partial charge in [0.05, 0.1) is 11.4 Å². The van der Waals surface area contributed by atoms with Gasteiger partial charge in [0.25, 0.3) is 0 Å². The largest absolute Gasteiger partial charge is 0.381 e. The van der Waals surface area contributed by atoms with Crippen LogP contribution in [0.25, 0.3) is 0 Å². The number of ether oxygens (including phenoxy) is 1. The standard InChI is InChI=1S/C24H43N3O4S/c1-31-22-12-10-19(11-13-22)26-32(29,30)23-9-5-7-20(17-23)25-24(28)18-6-4-8-21(16-18)27-14-2-3-15-27/h18-23,26H,2-17H2,1H3,(H,25,28). The summed E-state index contributed by atoms with van der Waals surface area (Å²) in [6, 6.07) is 0.555. The van der Waals surface area contributed by atoms with E-state index in [1.807, 2.05) is 0 Å². The van der Waals surface area contributed by atoms with E-state index in [1.54, 1.807) is 7.11 Å². The zero-order valence-electron chi connectivity index (χ0n) is 19.8. The molecule has 1 heterocycles. The smallest absolute Gasteiger partial charge is 0.223 e. The molecule has 3 saturated carbocycles. The molecule has 8 heteroatoms. The first-order valence-corrected chi connectivity index (χ1v) is 14.6. The third-order valence-electron chi connectivity index (χ3n) is 8.42. The van der Waals surface area contributed by atoms with Crippen molar-refractivity contribution in [2.24, 2.45) is 5.92 Å². The number of nitrogens with one attached hydrogen (secondary N) is 2. The number of carbonyl (C=O) groups is 1. The predicted octanol–water partition coefficient (Wildman–Crippen LogP) is 2.95. The SMILES string of the molecule is COC1CCC(NS(=O)(=O)C2CCCC(NC(=O)C3CCCC(N4CCCC4)C3)C2)CC1. The average Bonchev–Trinajstić information content (AvgIpc) is 3.35. The molecule has 32 heavy (non-hydrogen) atoms. The molecule has 1 saturated heterocycles. The molecule has 4 atom stereocenters. The van der Waals surface area contributed by atoms with Crippen LogP contribution < -0.4 is 10.0 Å². The van der Waals surface area contributed by atoms with Gasteiger partial charge in [-0.25, -0.2) is 13.1 Å². The molecule has 2 N–H and O–H groups in total. The van der Waals surface area contributed by atoms with E-state index in [9.17, 15) is 13.2 Å². The Morgan fingerprint density at radius 3 is 2.28 bits per heavy atom. The summed E-state index contributed by atoms with van der Waals surface area (Å²) in [5, 5.41) is 2.85. The van der Waals surface area contributed by atoms with Crippen LogP contribution in [0.3, 0.4) is 0 Å². The van der Waals surface area contributed by atoms with Crippen LogP contribution in [0.15, 0.2) is 0 Å². The van der Waals surface area contributed by atoms with Crippen molar-refractivity contribution in [3.05, 3.63) is 0 Å². The number of sulfonamides is 1. The Bertz CT molecular complexity index is 717. The quantitative estimate of drug-likeness (QED) is 0.599. The van der Waals surface area contributed by atoms with Gasteiger partial charge in [-0.2, -0.15) is 0 Å². The van der Waals surface area contributed by atoms with Gasteiger partial charge >= 0.3 is 0 Å². The molecule has 0 radical (unpaired) electrons. The molecule has 184 valence electrons. The van der Waals surface area contributed by atoms with E-state index in [0.29, 0.717) is 18.9 Å². The van der Waals surface area contributed by atoms with Gasteiger partial charge in [0.1, 0.15) is 0 Å². The first-order valence-electron chi connectivity index (χ1n) is 13.0. The van der Waals surface area contributed by atoms with E-state index in [1.165, 1.54) is 32.4 Å². The molecule has 1 amide bonds. The van der Waals surface area contributed by atoms with Gasteiger partial charge < -0.3 is 15.0 Å². The lowest BCUT2D eigenvalue weighted by atomic mass is 9.84. The Kier molecular flexibility index (Phi) is 8.51. The number of carbonyl (C=O) groups excluding carboxylic acids is 1. The van der Waals surface area contributed by atoms with E-state index in [0.717, 1.165) is 57.8 Å². The first-order chi connectivity index (χ1) is 15.4. The summed E-state index contributed by atoms with van der Waals surface area (Å²) in [6.45, 7) is 2.36. The molecule has 0 aromatic carbocycles. The highest BCUT2D eigenvalue weighted by molar-refractivity contribution is 7.90. The van der Waals surface area contributed by atoms with Crippen LogP contribution in [0.2, 0.25) is 0 Å². The Morgan fingerprint density at radius 2 is 1.56 bits per heavy atom. The van der Waals surface area contributed by atoms with E-state index in [4.69, 9.17) is 4.74 Å². The van der Waals surface area contributed by atoms with Crippen molar-refractivity contribution in [1.82, 2.24) is 14.9 Å². The molecule has 0 bridgehead atoms. The maximum atomic E-state index is 13.1. The van der Waals surface area contributed by atoms with Crippen LogP contribution in [-0.4, -0.2) is 68.9 Å². The zero-order valence-corrected chi connectivity index (χ0v) is 20.6. The topological polar surface area (TPSA) is 87.7 Å². The Balaban J connectivity index is 1.26. The maximum Gasteiger partial charge on any atom is 0.223 e. The van der Waals surface area contributed by atoms with Crippen LogP contribution in [0.1, 0.15) is 89.9 Å². The zero-order chi connectivity index (χ0) is 22.6. The summed E-state index contributed by atoms with van der Waals surface area (Å²) < 4.78 is 34.5. The highest BCUT2D eigenvalue weighted by Gasteiger charge is 2.37. The summed E-state index contributed by atoms with van der Waals surface area (Å²) in [5.41, 5.74) is 0. The number of likely N-dealkylation sites (tertiary alicyclic amines) is 1. The molecule has 7 nitrogen and oxygen atoms in total. The highest BCUT2D eigenvalue weighted by atomic mass is 32.2. The van der Waals surface area contributed by atoms with Crippen molar-refractivity contribution in [3.8, 4) is 0 Å². The Labute approximate surface area is 194 Å². The van der Waals surface area contributed by atoms with Gasteiger partial charge in [-0.1, -0.05) is 12.8 Å². The van der Waals surface area contributed by atoms with Crippen molar-refractivity contribution >= 4 is 15.9 Å². The van der Waals surface area contributed by atoms with Crippen LogP contribution in [0.5, 0.6) is 0 Å². The Hall–Kier alpha value is -0.700. The number of hydrogen-bond acceptors (Lipinski definition) is 5. The van der Waals surface area contributed by atoms with Crippen molar-refractivity contribution in [3.63, 3.8) is 0 Å². The minimum Gasteiger partial charge on any atom is -0.381 e. The summed E-state index contributed by atoms with van der Waals surface area (Å²) >= 11 is 0. The molecule has 4 aliphatic rings. The second-order valence-electron chi connectivity index (χ2n) is 10.6. The fourth-order valence-electron chi connectivity index (χ4n) is 6.46. The lowest BCUT2D eigenvalue weighted by Crippen LogP contribution is -2.49. The molecule has 3 aliphatic carbocycles. The van der Waals surface area contributed by atoms with Crippen molar-refractivity contribution in [1.29, 1.82) is 0 Å². The summed E-state index contributed by atoms with van der Waals surface area (Å²) in [7, 11) is -1.64. The second kappa shape index (κ2) is 11.2. The first kappa shape index (κ1) is 24.4. The third kappa shape index (κ3) is 6.24. The van der Waals surface area contributed by atoms with Gasteiger partial charge in [-0.15, -0.1) is 0 Å². The van der Waals surface area contributed by atoms with E-state index >= 15 is 0 Å². The predicted molar refractivity (Wildman–Crippen MR) is 126 cm³/mol. The van der Waals surface area contributed by atoms with Crippen LogP contribution >= 0.6 is 0 Å². The van der Waals surface area contributed by atoms with Gasteiger partial charge in [0.15, 0.2) is 0 Å². The van der Waals surface area contributed by atoms with Crippen molar-refractivity contribution in [2.75, 3.05) is 20.2 Å². The lowest BCUT2D eigenvalue weighted by Gasteiger charge is -2.36. The van der Waals surface area contributed by atoms with Gasteiger partial charge in [-0.3, -0.25) is 4.79 Å². The van der Waals surface area contributed by atoms with E-state index < -0.39 is 15.3 Å². The van der Waals surface area contributed by atoms with Crippen LogP contribution in [0.4, 0.5) is 0 Å². The third-order valence-corrected chi connectivity index (χ3v) is 10.4. The molecular weight excluding hydrogens is 426 g/mol. The molecule has 0 aromatic rings. The summed E-state index contributed by atoms with van der Waals surface area (Å²) in [4.78, 5) is 15.6.